The molecule has 1 fully saturated rings. The topological polar surface area (TPSA) is 122 Å². The van der Waals surface area contributed by atoms with Crippen molar-refractivity contribution in [1.29, 1.82) is 0 Å². The van der Waals surface area contributed by atoms with E-state index in [9.17, 15) is 19.2 Å². The number of morpholine rings is 1. The van der Waals surface area contributed by atoms with Gasteiger partial charge in [-0.25, -0.2) is 0 Å². The van der Waals surface area contributed by atoms with Crippen LogP contribution in [-0.2, 0) is 29.4 Å². The third-order valence-corrected chi connectivity index (χ3v) is 9.96. The van der Waals surface area contributed by atoms with E-state index < -0.39 is 0 Å². The van der Waals surface area contributed by atoms with Crippen LogP contribution >= 0.6 is 11.3 Å². The molecule has 1 aliphatic carbocycles. The van der Waals surface area contributed by atoms with Crippen LogP contribution in [0.1, 0.15) is 62.2 Å². The molecule has 0 radical (unpaired) electrons. The molecule has 2 aromatic heterocycles. The number of hydrogen-bond acceptors (Lipinski definition) is 7. The van der Waals surface area contributed by atoms with Crippen molar-refractivity contribution in [2.24, 2.45) is 7.05 Å². The highest BCUT2D eigenvalue weighted by Gasteiger charge is 2.23. The maximum absolute atomic E-state index is 13.3. The largest absolute Gasteiger partial charge is 0.378 e. The Morgan fingerprint density at radius 1 is 0.936 bits per heavy atom. The first-order chi connectivity index (χ1) is 22.7. The quantitative estimate of drug-likeness (QED) is 0.211. The summed E-state index contributed by atoms with van der Waals surface area (Å²) in [4.78, 5) is 56.0. The van der Waals surface area contributed by atoms with Gasteiger partial charge in [-0.2, -0.15) is 0 Å². The number of pyridine rings is 1. The fraction of sp³-hybridized carbons (Fsp3) is 0.333. The Hall–Kier alpha value is -4.74. The van der Waals surface area contributed by atoms with Gasteiger partial charge in [0, 0.05) is 54.6 Å². The molecule has 1 aliphatic heterocycles. The van der Waals surface area contributed by atoms with E-state index in [0.29, 0.717) is 54.6 Å². The van der Waals surface area contributed by atoms with E-state index in [0.717, 1.165) is 34.4 Å². The van der Waals surface area contributed by atoms with Crippen LogP contribution in [0.25, 0.3) is 11.1 Å². The van der Waals surface area contributed by atoms with Crippen molar-refractivity contribution < 1.29 is 19.1 Å². The van der Waals surface area contributed by atoms with Crippen LogP contribution in [0.3, 0.4) is 0 Å². The number of nitrogens with one attached hydrogen (secondary N) is 3. The third kappa shape index (κ3) is 7.01. The molecule has 0 saturated carbocycles. The van der Waals surface area contributed by atoms with Gasteiger partial charge in [-0.05, 0) is 85.7 Å². The lowest BCUT2D eigenvalue weighted by Gasteiger charge is -2.27. The molecule has 0 bridgehead atoms. The molecule has 4 aromatic rings. The van der Waals surface area contributed by atoms with Gasteiger partial charge in [-0.3, -0.25) is 19.2 Å². The zero-order chi connectivity index (χ0) is 33.1. The molecule has 3 N–H and O–H groups in total. The van der Waals surface area contributed by atoms with Crippen LogP contribution in [0.5, 0.6) is 0 Å². The lowest BCUT2D eigenvalue weighted by atomic mass is 9.99. The summed E-state index contributed by atoms with van der Waals surface area (Å²) in [5.41, 5.74) is 5.90. The second kappa shape index (κ2) is 13.9. The number of nitrogens with zero attached hydrogens (tertiary/aromatic N) is 2. The highest BCUT2D eigenvalue weighted by atomic mass is 32.1. The standard InChI is InChI=1S/C36H39N5O5S/c1-4-33(42)38-29-20-25(12-13-27(29)35(44)41-14-16-46-17-15-41)37-30-18-24(21-40(3)36(30)45)26-9-7-10-28(22(26)2)39-34(43)32-19-23-8-5-6-11-31(23)47-32/h7,9-10,12-13,18-21,37H,4-6,8,11,14-17H2,1-3H3,(H,38,42)(H,39,43). The van der Waals surface area contributed by atoms with Gasteiger partial charge >= 0.3 is 0 Å². The van der Waals surface area contributed by atoms with E-state index in [1.54, 1.807) is 60.7 Å². The normalized spacial score (nSPS) is 14.3. The average molecular weight is 654 g/mol. The number of hydrogen-bond donors (Lipinski definition) is 3. The number of thiophene rings is 1. The zero-order valence-corrected chi connectivity index (χ0v) is 27.7. The number of aromatic nitrogens is 1. The van der Waals surface area contributed by atoms with Gasteiger partial charge in [0.05, 0.1) is 29.3 Å². The van der Waals surface area contributed by atoms with Crippen LogP contribution in [-0.4, -0.2) is 53.5 Å². The van der Waals surface area contributed by atoms with E-state index in [1.165, 1.54) is 27.8 Å². The van der Waals surface area contributed by atoms with Crippen LogP contribution in [0.15, 0.2) is 59.5 Å². The van der Waals surface area contributed by atoms with E-state index in [2.05, 4.69) is 16.0 Å². The van der Waals surface area contributed by atoms with Crippen molar-refractivity contribution in [3.8, 4) is 11.1 Å². The minimum atomic E-state index is -0.245. The molecule has 3 amide bonds. The maximum Gasteiger partial charge on any atom is 0.274 e. The number of aryl methyl sites for hydroxylation is 3. The van der Waals surface area contributed by atoms with Crippen LogP contribution in [0.4, 0.5) is 22.7 Å². The molecule has 1 saturated heterocycles. The Bertz CT molecular complexity index is 1880. The summed E-state index contributed by atoms with van der Waals surface area (Å²) in [6.07, 6.45) is 6.42. The van der Waals surface area contributed by atoms with Gasteiger partial charge in [0.1, 0.15) is 5.69 Å². The van der Waals surface area contributed by atoms with Gasteiger partial charge < -0.3 is 30.2 Å². The molecule has 6 rings (SSSR count). The number of fused-ring (bicyclic) bond motifs is 1. The van der Waals surface area contributed by atoms with E-state index in [4.69, 9.17) is 4.74 Å². The van der Waals surface area contributed by atoms with Crippen LogP contribution in [0, 0.1) is 6.92 Å². The Kier molecular flexibility index (Phi) is 9.55. The zero-order valence-electron chi connectivity index (χ0n) is 26.9. The van der Waals surface area contributed by atoms with Crippen molar-refractivity contribution in [3.05, 3.63) is 91.5 Å². The number of ether oxygens (including phenoxy) is 1. The predicted octanol–water partition coefficient (Wildman–Crippen LogP) is 6.12. The summed E-state index contributed by atoms with van der Waals surface area (Å²) < 4.78 is 6.89. The Morgan fingerprint density at radius 2 is 1.72 bits per heavy atom. The van der Waals surface area contributed by atoms with Gasteiger partial charge in [-0.1, -0.05) is 19.1 Å². The van der Waals surface area contributed by atoms with E-state index in [-0.39, 0.29) is 29.7 Å². The van der Waals surface area contributed by atoms with Gasteiger partial charge in [0.15, 0.2) is 0 Å². The smallest absolute Gasteiger partial charge is 0.274 e. The third-order valence-electron chi connectivity index (χ3n) is 8.72. The van der Waals surface area contributed by atoms with Gasteiger partial charge in [0.25, 0.3) is 17.4 Å². The molecular formula is C36H39N5O5S. The first-order valence-electron chi connectivity index (χ1n) is 16.0. The molecule has 0 atom stereocenters. The highest BCUT2D eigenvalue weighted by Crippen LogP contribution is 2.33. The van der Waals surface area contributed by atoms with Gasteiger partial charge in [-0.15, -0.1) is 11.3 Å². The highest BCUT2D eigenvalue weighted by molar-refractivity contribution is 7.14. The summed E-state index contributed by atoms with van der Waals surface area (Å²) in [7, 11) is 1.69. The number of rotatable bonds is 8. The lowest BCUT2D eigenvalue weighted by molar-refractivity contribution is -0.115. The summed E-state index contributed by atoms with van der Waals surface area (Å²) in [6, 6.07) is 14.6. The summed E-state index contributed by atoms with van der Waals surface area (Å²) in [5.74, 6) is -0.531. The molecule has 11 heteroatoms. The van der Waals surface area contributed by atoms with Crippen LogP contribution in [0.2, 0.25) is 0 Å². The molecule has 10 nitrogen and oxygen atoms in total. The Labute approximate surface area is 277 Å². The van der Waals surface area contributed by atoms with E-state index in [1.807, 2.05) is 31.2 Å². The number of anilines is 4. The first kappa shape index (κ1) is 32.2. The Morgan fingerprint density at radius 3 is 2.49 bits per heavy atom. The molecule has 0 unspecified atom stereocenters. The number of amides is 3. The maximum atomic E-state index is 13.3. The van der Waals surface area contributed by atoms with Crippen molar-refractivity contribution in [3.63, 3.8) is 0 Å². The molecule has 2 aromatic carbocycles. The molecule has 244 valence electrons. The SMILES string of the molecule is CCC(=O)Nc1cc(Nc2cc(-c3cccc(NC(=O)c4cc5c(s4)CCCC5)c3C)cn(C)c2=O)ccc1C(=O)N1CCOCC1. The molecule has 47 heavy (non-hydrogen) atoms. The second-order valence-corrected chi connectivity index (χ2v) is 13.1. The molecule has 0 spiro atoms. The van der Waals surface area contributed by atoms with Crippen LogP contribution < -0.4 is 21.5 Å². The van der Waals surface area contributed by atoms with Gasteiger partial charge in [0.2, 0.25) is 5.91 Å². The summed E-state index contributed by atoms with van der Waals surface area (Å²) >= 11 is 1.58. The summed E-state index contributed by atoms with van der Waals surface area (Å²) in [5, 5.41) is 9.17. The van der Waals surface area contributed by atoms with Crippen molar-refractivity contribution in [1.82, 2.24) is 9.47 Å². The molecule has 3 heterocycles. The first-order valence-corrected chi connectivity index (χ1v) is 16.8. The lowest BCUT2D eigenvalue weighted by Crippen LogP contribution is -2.41. The fourth-order valence-corrected chi connectivity index (χ4v) is 7.21. The van der Waals surface area contributed by atoms with E-state index >= 15 is 0 Å². The number of carbonyl (C=O) groups excluding carboxylic acids is 3. The minimum absolute atomic E-state index is 0.117. The number of carbonyl (C=O) groups is 3. The number of benzene rings is 2. The van der Waals surface area contributed by atoms with Crippen molar-refractivity contribution >= 4 is 51.8 Å². The summed E-state index contributed by atoms with van der Waals surface area (Å²) in [6.45, 7) is 5.58. The second-order valence-electron chi connectivity index (χ2n) is 11.9. The van der Waals surface area contributed by atoms with Crippen molar-refractivity contribution in [2.45, 2.75) is 46.0 Å². The minimum Gasteiger partial charge on any atom is -0.378 e. The average Bonchev–Trinajstić information content (AvgIpc) is 3.53. The predicted molar refractivity (Wildman–Crippen MR) is 186 cm³/mol. The monoisotopic (exact) mass is 653 g/mol. The molecular weight excluding hydrogens is 614 g/mol. The molecule has 2 aliphatic rings. The Balaban J connectivity index is 1.27. The van der Waals surface area contributed by atoms with Crippen molar-refractivity contribution in [2.75, 3.05) is 42.3 Å². The fourth-order valence-electron chi connectivity index (χ4n) is 6.06.